The van der Waals surface area contributed by atoms with Crippen molar-refractivity contribution in [1.29, 1.82) is 0 Å². The molecule has 2 aliphatic rings. The summed E-state index contributed by atoms with van der Waals surface area (Å²) in [5.41, 5.74) is 11.5. The second-order valence-corrected chi connectivity index (χ2v) is 8.98. The number of piperazine rings is 1. The van der Waals surface area contributed by atoms with Gasteiger partial charge in [0.15, 0.2) is 0 Å². The Hall–Kier alpha value is -2.57. The topological polar surface area (TPSA) is 56.8 Å². The summed E-state index contributed by atoms with van der Waals surface area (Å²) in [6.07, 6.45) is 2.18. The largest absolute Gasteiger partial charge is 0.494 e. The van der Waals surface area contributed by atoms with Crippen molar-refractivity contribution >= 4 is 11.6 Å². The predicted octanol–water partition coefficient (Wildman–Crippen LogP) is 3.60. The van der Waals surface area contributed by atoms with Crippen LogP contribution in [0.1, 0.15) is 42.5 Å². The molecule has 0 aromatic heterocycles. The van der Waals surface area contributed by atoms with Crippen LogP contribution in [0.3, 0.4) is 0 Å². The van der Waals surface area contributed by atoms with E-state index < -0.39 is 0 Å². The van der Waals surface area contributed by atoms with E-state index in [2.05, 4.69) is 66.9 Å². The van der Waals surface area contributed by atoms with Crippen molar-refractivity contribution in [3.05, 3.63) is 59.2 Å². The quantitative estimate of drug-likeness (QED) is 0.650. The Morgan fingerprint density at radius 2 is 1.81 bits per heavy atom. The summed E-state index contributed by atoms with van der Waals surface area (Å²) in [7, 11) is 0. The molecule has 6 heteroatoms. The lowest BCUT2D eigenvalue weighted by Gasteiger charge is -2.38. The maximum absolute atomic E-state index is 13.4. The number of carbonyl (C=O) groups is 1. The summed E-state index contributed by atoms with van der Waals surface area (Å²) in [5.74, 6) is 1.02. The summed E-state index contributed by atoms with van der Waals surface area (Å²) in [5, 5.41) is 0. The molecule has 2 aromatic carbocycles. The Morgan fingerprint density at radius 1 is 1.06 bits per heavy atom. The number of nitrogens with zero attached hydrogens (tertiary/aromatic N) is 2. The lowest BCUT2D eigenvalue weighted by atomic mass is 9.93. The van der Waals surface area contributed by atoms with Crippen LogP contribution in [-0.4, -0.2) is 50.1 Å². The minimum Gasteiger partial charge on any atom is -0.494 e. The second-order valence-electron chi connectivity index (χ2n) is 8.98. The second kappa shape index (κ2) is 10.4. The zero-order valence-corrected chi connectivity index (χ0v) is 19.6. The van der Waals surface area contributed by atoms with Gasteiger partial charge in [0, 0.05) is 38.4 Å². The predicted molar refractivity (Wildman–Crippen MR) is 129 cm³/mol. The Bertz CT molecular complexity index is 907. The van der Waals surface area contributed by atoms with Gasteiger partial charge in [-0.25, -0.2) is 5.43 Å². The summed E-state index contributed by atoms with van der Waals surface area (Å²) in [6.45, 7) is 11.1. The molecular weight excluding hydrogens is 400 g/mol. The van der Waals surface area contributed by atoms with Crippen LogP contribution in [0, 0.1) is 19.8 Å². The molecule has 2 fully saturated rings. The molecule has 4 rings (SSSR count). The maximum Gasteiger partial charge on any atom is 0.229 e. The number of hydrogen-bond donors (Lipinski definition) is 2. The van der Waals surface area contributed by atoms with E-state index in [4.69, 9.17) is 4.74 Å². The van der Waals surface area contributed by atoms with Gasteiger partial charge in [-0.05, 0) is 55.2 Å². The smallest absolute Gasteiger partial charge is 0.229 e. The van der Waals surface area contributed by atoms with Crippen LogP contribution < -0.4 is 20.5 Å². The molecule has 2 aliphatic heterocycles. The highest BCUT2D eigenvalue weighted by atomic mass is 16.5. The molecule has 32 heavy (non-hydrogen) atoms. The van der Waals surface area contributed by atoms with E-state index in [0.717, 1.165) is 56.9 Å². The van der Waals surface area contributed by atoms with Crippen LogP contribution >= 0.6 is 0 Å². The van der Waals surface area contributed by atoms with Crippen LogP contribution in [0.25, 0.3) is 0 Å². The first-order valence-corrected chi connectivity index (χ1v) is 11.9. The molecule has 0 bridgehead atoms. The average Bonchev–Trinajstić information content (AvgIpc) is 3.31. The number of hydrogen-bond acceptors (Lipinski definition) is 5. The van der Waals surface area contributed by atoms with Crippen molar-refractivity contribution in [2.45, 2.75) is 39.7 Å². The molecule has 1 amide bonds. The zero-order valence-electron chi connectivity index (χ0n) is 19.6. The van der Waals surface area contributed by atoms with Crippen LogP contribution in [0.4, 0.5) is 5.69 Å². The number of benzene rings is 2. The van der Waals surface area contributed by atoms with E-state index in [9.17, 15) is 4.79 Å². The highest BCUT2D eigenvalue weighted by molar-refractivity contribution is 5.81. The number of carbonyl (C=O) groups excluding carboxylic acids is 1. The average molecular weight is 437 g/mol. The molecule has 0 spiro atoms. The number of amides is 1. The molecular formula is C26H36N4O2. The number of rotatable bonds is 7. The van der Waals surface area contributed by atoms with Gasteiger partial charge >= 0.3 is 0 Å². The summed E-state index contributed by atoms with van der Waals surface area (Å²) in [4.78, 5) is 17.8. The van der Waals surface area contributed by atoms with Gasteiger partial charge in [-0.1, -0.05) is 37.6 Å². The molecule has 0 radical (unpaired) electrons. The van der Waals surface area contributed by atoms with Crippen molar-refractivity contribution in [2.75, 3.05) is 44.2 Å². The van der Waals surface area contributed by atoms with E-state index in [-0.39, 0.29) is 17.9 Å². The normalized spacial score (nSPS) is 21.1. The standard InChI is InChI=1S/C26H36N4O2/c1-4-5-16-32-22-10-8-21(9-11-22)25-23(18-27-28-25)26(31)30-14-12-29(13-15-30)24-17-19(2)6-7-20(24)3/h6-11,17,23,25,27-28H,4-5,12-16,18H2,1-3H3. The molecule has 2 atom stereocenters. The molecule has 2 aromatic rings. The highest BCUT2D eigenvalue weighted by Gasteiger charge is 2.37. The van der Waals surface area contributed by atoms with Gasteiger partial charge in [0.1, 0.15) is 5.75 Å². The third kappa shape index (κ3) is 5.08. The molecule has 2 saturated heterocycles. The lowest BCUT2D eigenvalue weighted by molar-refractivity contribution is -0.135. The first-order valence-electron chi connectivity index (χ1n) is 11.9. The maximum atomic E-state index is 13.4. The fourth-order valence-corrected chi connectivity index (χ4v) is 4.61. The number of aryl methyl sites for hydroxylation is 2. The summed E-state index contributed by atoms with van der Waals surface area (Å²) >= 11 is 0. The Morgan fingerprint density at radius 3 is 2.53 bits per heavy atom. The molecule has 6 nitrogen and oxygen atoms in total. The van der Waals surface area contributed by atoms with Crippen LogP contribution in [-0.2, 0) is 4.79 Å². The minimum absolute atomic E-state index is 0.0239. The van der Waals surface area contributed by atoms with E-state index in [1.807, 2.05) is 17.0 Å². The molecule has 0 saturated carbocycles. The van der Waals surface area contributed by atoms with Crippen molar-refractivity contribution in [3.8, 4) is 5.75 Å². The van der Waals surface area contributed by atoms with Gasteiger partial charge in [0.2, 0.25) is 5.91 Å². The van der Waals surface area contributed by atoms with Gasteiger partial charge < -0.3 is 14.5 Å². The molecule has 0 aliphatic carbocycles. The lowest BCUT2D eigenvalue weighted by Crippen LogP contribution is -2.51. The first-order chi connectivity index (χ1) is 15.6. The SMILES string of the molecule is CCCCOc1ccc(C2NNCC2C(=O)N2CCN(c3cc(C)ccc3C)CC2)cc1. The van der Waals surface area contributed by atoms with E-state index in [1.165, 1.54) is 16.8 Å². The van der Waals surface area contributed by atoms with E-state index >= 15 is 0 Å². The summed E-state index contributed by atoms with van der Waals surface area (Å²) in [6, 6.07) is 14.7. The van der Waals surface area contributed by atoms with Gasteiger partial charge in [0.05, 0.1) is 18.6 Å². The van der Waals surface area contributed by atoms with Gasteiger partial charge in [0.25, 0.3) is 0 Å². The molecule has 2 unspecified atom stereocenters. The van der Waals surface area contributed by atoms with E-state index in [0.29, 0.717) is 6.54 Å². The van der Waals surface area contributed by atoms with Crippen molar-refractivity contribution in [2.24, 2.45) is 5.92 Å². The number of hydrazine groups is 1. The van der Waals surface area contributed by atoms with Crippen molar-refractivity contribution < 1.29 is 9.53 Å². The number of nitrogens with one attached hydrogen (secondary N) is 2. The molecule has 172 valence electrons. The van der Waals surface area contributed by atoms with Gasteiger partial charge in [-0.3, -0.25) is 10.2 Å². The first kappa shape index (κ1) is 22.6. The number of unbranched alkanes of at least 4 members (excludes halogenated alkanes) is 1. The Kier molecular flexibility index (Phi) is 7.33. The Labute approximate surface area is 191 Å². The van der Waals surface area contributed by atoms with Crippen molar-refractivity contribution in [3.63, 3.8) is 0 Å². The number of ether oxygens (including phenoxy) is 1. The van der Waals surface area contributed by atoms with Crippen LogP contribution in [0.2, 0.25) is 0 Å². The minimum atomic E-state index is -0.103. The Balaban J connectivity index is 1.36. The summed E-state index contributed by atoms with van der Waals surface area (Å²) < 4.78 is 5.78. The van der Waals surface area contributed by atoms with Crippen molar-refractivity contribution in [1.82, 2.24) is 15.8 Å². The van der Waals surface area contributed by atoms with Crippen LogP contribution in [0.15, 0.2) is 42.5 Å². The fourth-order valence-electron chi connectivity index (χ4n) is 4.61. The van der Waals surface area contributed by atoms with Crippen LogP contribution in [0.5, 0.6) is 5.75 Å². The third-order valence-electron chi connectivity index (χ3n) is 6.60. The highest BCUT2D eigenvalue weighted by Crippen LogP contribution is 2.29. The molecule has 2 heterocycles. The van der Waals surface area contributed by atoms with E-state index in [1.54, 1.807) is 0 Å². The fraction of sp³-hybridized carbons (Fsp3) is 0.500. The van der Waals surface area contributed by atoms with Gasteiger partial charge in [-0.15, -0.1) is 0 Å². The molecule has 2 N–H and O–H groups in total. The zero-order chi connectivity index (χ0) is 22.5. The monoisotopic (exact) mass is 436 g/mol. The third-order valence-corrected chi connectivity index (χ3v) is 6.60. The van der Waals surface area contributed by atoms with Gasteiger partial charge in [-0.2, -0.15) is 0 Å². The number of anilines is 1.